The molecule has 146 valence electrons. The Morgan fingerprint density at radius 3 is 2.63 bits per heavy atom. The van der Waals surface area contributed by atoms with Crippen LogP contribution in [0.2, 0.25) is 0 Å². The second-order valence-corrected chi connectivity index (χ2v) is 8.39. The van der Waals surface area contributed by atoms with E-state index in [1.165, 1.54) is 35.3 Å². The smallest absolute Gasteiger partial charge is 0.125 e. The number of nitrogens with one attached hydrogen (secondary N) is 1. The summed E-state index contributed by atoms with van der Waals surface area (Å²) in [7, 11) is 1.67. The molecular formula is C23H31NO2S. The molecule has 2 atom stereocenters. The first-order chi connectivity index (χ1) is 13.2. The zero-order valence-electron chi connectivity index (χ0n) is 16.6. The summed E-state index contributed by atoms with van der Waals surface area (Å²) in [6.07, 6.45) is 4.71. The summed E-state index contributed by atoms with van der Waals surface area (Å²) in [6.45, 7) is 4.54. The summed E-state index contributed by atoms with van der Waals surface area (Å²) < 4.78 is 5.53. The number of fused-ring (bicyclic) bond motifs is 1. The van der Waals surface area contributed by atoms with E-state index in [-0.39, 0.29) is 18.2 Å². The molecule has 0 amide bonds. The number of aliphatic hydroxyl groups is 1. The van der Waals surface area contributed by atoms with Gasteiger partial charge in [-0.05, 0) is 36.1 Å². The largest absolute Gasteiger partial charge is 0.496 e. The fourth-order valence-electron chi connectivity index (χ4n) is 3.88. The van der Waals surface area contributed by atoms with Crippen LogP contribution in [0.5, 0.6) is 5.75 Å². The van der Waals surface area contributed by atoms with Crippen LogP contribution in [-0.4, -0.2) is 23.5 Å². The maximum absolute atomic E-state index is 9.84. The molecule has 2 N–H and O–H groups in total. The van der Waals surface area contributed by atoms with Crippen LogP contribution in [0.1, 0.15) is 62.3 Å². The van der Waals surface area contributed by atoms with Gasteiger partial charge in [0.1, 0.15) is 5.75 Å². The van der Waals surface area contributed by atoms with Gasteiger partial charge in [-0.25, -0.2) is 0 Å². The minimum atomic E-state index is -0.0165. The molecule has 0 aromatic heterocycles. The second-order valence-electron chi connectivity index (χ2n) is 7.37. The molecule has 3 rings (SSSR count). The third kappa shape index (κ3) is 4.34. The van der Waals surface area contributed by atoms with Gasteiger partial charge in [0, 0.05) is 21.8 Å². The topological polar surface area (TPSA) is 41.5 Å². The third-order valence-corrected chi connectivity index (χ3v) is 7.03. The zero-order chi connectivity index (χ0) is 19.3. The Bertz CT molecular complexity index is 750. The maximum atomic E-state index is 9.84. The molecule has 1 aliphatic heterocycles. The Kier molecular flexibility index (Phi) is 6.85. The second kappa shape index (κ2) is 9.13. The van der Waals surface area contributed by atoms with E-state index in [1.807, 2.05) is 11.8 Å². The van der Waals surface area contributed by atoms with E-state index in [2.05, 4.69) is 61.6 Å². The molecular weight excluding hydrogens is 354 g/mol. The number of hydrogen-bond acceptors (Lipinski definition) is 4. The molecule has 0 spiro atoms. The van der Waals surface area contributed by atoms with Gasteiger partial charge in [0.25, 0.3) is 0 Å². The van der Waals surface area contributed by atoms with Crippen molar-refractivity contribution in [2.75, 3.05) is 12.9 Å². The molecule has 0 unspecified atom stereocenters. The van der Waals surface area contributed by atoms with E-state index >= 15 is 0 Å². The number of unbranched alkanes of at least 4 members (excludes halogenated alkanes) is 1. The molecule has 2 aromatic rings. The van der Waals surface area contributed by atoms with E-state index in [0.717, 1.165) is 23.5 Å². The Balaban J connectivity index is 2.10. The summed E-state index contributed by atoms with van der Waals surface area (Å²) in [5, 5.41) is 13.9. The zero-order valence-corrected chi connectivity index (χ0v) is 17.4. The molecule has 3 nitrogen and oxygen atoms in total. The minimum absolute atomic E-state index is 0.0165. The van der Waals surface area contributed by atoms with Gasteiger partial charge in [-0.3, -0.25) is 5.32 Å². The van der Waals surface area contributed by atoms with Gasteiger partial charge in [-0.2, -0.15) is 0 Å². The highest BCUT2D eigenvalue weighted by molar-refractivity contribution is 7.99. The average Bonchev–Trinajstić information content (AvgIpc) is 2.89. The summed E-state index contributed by atoms with van der Waals surface area (Å²) >= 11 is 1.91. The monoisotopic (exact) mass is 385 g/mol. The Labute approximate surface area is 167 Å². The number of ether oxygens (including phenoxy) is 1. The predicted octanol–water partition coefficient (Wildman–Crippen LogP) is 5.31. The number of methoxy groups -OCH3 is 1. The highest BCUT2D eigenvalue weighted by Gasteiger charge is 2.35. The lowest BCUT2D eigenvalue weighted by Gasteiger charge is -2.36. The number of thioether (sulfide) groups is 1. The van der Waals surface area contributed by atoms with Crippen molar-refractivity contribution in [2.45, 2.75) is 62.6 Å². The highest BCUT2D eigenvalue weighted by Crippen LogP contribution is 2.43. The van der Waals surface area contributed by atoms with Crippen LogP contribution in [0, 0.1) is 0 Å². The lowest BCUT2D eigenvalue weighted by molar-refractivity contribution is 0.272. The van der Waals surface area contributed by atoms with Crippen LogP contribution in [0.3, 0.4) is 0 Å². The molecule has 0 saturated carbocycles. The van der Waals surface area contributed by atoms with E-state index in [9.17, 15) is 5.11 Å². The van der Waals surface area contributed by atoms with E-state index in [1.54, 1.807) is 7.11 Å². The first kappa shape index (κ1) is 20.2. The molecule has 0 fully saturated rings. The Hall–Kier alpha value is -1.49. The fourth-order valence-corrected chi connectivity index (χ4v) is 5.28. The number of benzene rings is 2. The van der Waals surface area contributed by atoms with E-state index in [4.69, 9.17) is 4.74 Å². The number of hydrogen-bond donors (Lipinski definition) is 2. The van der Waals surface area contributed by atoms with Gasteiger partial charge in [0.15, 0.2) is 0 Å². The van der Waals surface area contributed by atoms with Gasteiger partial charge >= 0.3 is 0 Å². The summed E-state index contributed by atoms with van der Waals surface area (Å²) in [5.41, 5.74) is 3.46. The van der Waals surface area contributed by atoms with Crippen molar-refractivity contribution in [3.8, 4) is 5.75 Å². The molecule has 0 bridgehead atoms. The molecule has 1 aliphatic rings. The quantitative estimate of drug-likeness (QED) is 0.678. The normalized spacial score (nSPS) is 22.1. The van der Waals surface area contributed by atoms with Crippen molar-refractivity contribution in [3.63, 3.8) is 0 Å². The van der Waals surface area contributed by atoms with Crippen molar-refractivity contribution < 1.29 is 9.84 Å². The van der Waals surface area contributed by atoms with Crippen LogP contribution >= 0.6 is 11.8 Å². The van der Waals surface area contributed by atoms with Crippen molar-refractivity contribution in [3.05, 3.63) is 59.2 Å². The molecule has 1 heterocycles. The summed E-state index contributed by atoms with van der Waals surface area (Å²) in [4.78, 5) is 1.25. The molecule has 27 heavy (non-hydrogen) atoms. The van der Waals surface area contributed by atoms with E-state index in [0.29, 0.717) is 0 Å². The van der Waals surface area contributed by atoms with Gasteiger partial charge in [0.2, 0.25) is 0 Å². The molecule has 0 saturated heterocycles. The average molecular weight is 386 g/mol. The van der Waals surface area contributed by atoms with E-state index < -0.39 is 0 Å². The van der Waals surface area contributed by atoms with Gasteiger partial charge in [-0.15, -0.1) is 11.8 Å². The lowest BCUT2D eigenvalue weighted by Crippen LogP contribution is -2.48. The van der Waals surface area contributed by atoms with Crippen molar-refractivity contribution in [2.24, 2.45) is 0 Å². The molecule has 0 radical (unpaired) electrons. The SMILES string of the molecule is CCCC[C@@]1(CC)CSc2cc(OC)c(CO)cc2[C@H](c2ccccc2)N1. The van der Waals surface area contributed by atoms with Crippen molar-refractivity contribution >= 4 is 11.8 Å². The third-order valence-electron chi connectivity index (χ3n) is 5.67. The van der Waals surface area contributed by atoms with Crippen molar-refractivity contribution in [1.82, 2.24) is 5.32 Å². The van der Waals surface area contributed by atoms with Crippen molar-refractivity contribution in [1.29, 1.82) is 0 Å². The predicted molar refractivity (Wildman–Crippen MR) is 114 cm³/mol. The molecule has 0 aliphatic carbocycles. The van der Waals surface area contributed by atoms with Crippen LogP contribution in [0.15, 0.2) is 47.4 Å². The van der Waals surface area contributed by atoms with Crippen LogP contribution in [0.4, 0.5) is 0 Å². The standard InChI is InChI=1S/C23H31NO2S/c1-4-6-12-23(5-2)16-27-21-14-20(26-3)18(15-25)13-19(21)22(24-23)17-10-8-7-9-11-17/h7-11,13-14,22,24-25H,4-6,12,15-16H2,1-3H3/t22-,23-/m0/s1. The number of aliphatic hydroxyl groups excluding tert-OH is 1. The van der Waals surface area contributed by atoms with Gasteiger partial charge < -0.3 is 9.84 Å². The summed E-state index contributed by atoms with van der Waals surface area (Å²) in [6, 6.07) is 15.0. The minimum Gasteiger partial charge on any atom is -0.496 e. The van der Waals surface area contributed by atoms with Gasteiger partial charge in [-0.1, -0.05) is 57.0 Å². The maximum Gasteiger partial charge on any atom is 0.125 e. The van der Waals surface area contributed by atoms with Crippen LogP contribution in [-0.2, 0) is 6.61 Å². The fraction of sp³-hybridized carbons (Fsp3) is 0.478. The lowest BCUT2D eigenvalue weighted by atomic mass is 9.87. The Morgan fingerprint density at radius 1 is 1.22 bits per heavy atom. The van der Waals surface area contributed by atoms with Crippen LogP contribution in [0.25, 0.3) is 0 Å². The Morgan fingerprint density at radius 2 is 2.00 bits per heavy atom. The summed E-state index contributed by atoms with van der Waals surface area (Å²) in [5.74, 6) is 1.81. The van der Waals surface area contributed by atoms with Crippen LogP contribution < -0.4 is 10.1 Å². The number of rotatable bonds is 7. The first-order valence-corrected chi connectivity index (χ1v) is 10.9. The van der Waals surface area contributed by atoms with Gasteiger partial charge in [0.05, 0.1) is 19.8 Å². The molecule has 4 heteroatoms. The highest BCUT2D eigenvalue weighted by atomic mass is 32.2. The first-order valence-electron chi connectivity index (χ1n) is 9.93. The molecule has 2 aromatic carbocycles.